The number of carbonyl (C=O) groups excluding carboxylic acids is 2. The minimum absolute atomic E-state index is 0.0671. The molecule has 0 aliphatic rings. The number of phosphoric ester groups is 1. The highest BCUT2D eigenvalue weighted by Gasteiger charge is 2.27. The molecule has 0 saturated carbocycles. The third-order valence-corrected chi connectivity index (χ3v) is 7.87. The molecule has 0 heterocycles. The van der Waals surface area contributed by atoms with E-state index in [9.17, 15) is 24.2 Å². The maximum atomic E-state index is 12.5. The van der Waals surface area contributed by atoms with Crippen molar-refractivity contribution in [3.63, 3.8) is 0 Å². The van der Waals surface area contributed by atoms with Crippen molar-refractivity contribution < 1.29 is 47.8 Å². The zero-order valence-corrected chi connectivity index (χ0v) is 30.3. The number of allylic oxidation sites excluding steroid dienone is 10. The summed E-state index contributed by atoms with van der Waals surface area (Å²) in [5, 5.41) is 18.2. The number of ether oxygens (including phenoxy) is 2. The summed E-state index contributed by atoms with van der Waals surface area (Å²) in [6.45, 7) is 2.10. The molecule has 3 atom stereocenters. The van der Waals surface area contributed by atoms with Gasteiger partial charge in [0.1, 0.15) is 12.7 Å². The van der Waals surface area contributed by atoms with Gasteiger partial charge in [-0.1, -0.05) is 107 Å². The van der Waals surface area contributed by atoms with Gasteiger partial charge in [-0.25, -0.2) is 4.57 Å². The van der Waals surface area contributed by atoms with Crippen LogP contribution in [-0.2, 0) is 32.7 Å². The van der Waals surface area contributed by atoms with Crippen LogP contribution in [0.4, 0.5) is 0 Å². The number of esters is 2. The van der Waals surface area contributed by atoms with Gasteiger partial charge in [0.2, 0.25) is 0 Å². The fourth-order valence-electron chi connectivity index (χ4n) is 4.18. The molecule has 0 rings (SSSR count). The van der Waals surface area contributed by atoms with Crippen LogP contribution in [0.2, 0.25) is 0 Å². The van der Waals surface area contributed by atoms with Gasteiger partial charge in [-0.05, 0) is 64.2 Å². The first kappa shape index (κ1) is 45.7. The lowest BCUT2D eigenvalue weighted by molar-refractivity contribution is -0.161. The Morgan fingerprint density at radius 1 is 0.646 bits per heavy atom. The summed E-state index contributed by atoms with van der Waals surface area (Å²) in [6.07, 6.45) is 33.7. The van der Waals surface area contributed by atoms with Gasteiger partial charge in [0.05, 0.1) is 19.8 Å². The molecule has 0 aromatic rings. The first-order valence-corrected chi connectivity index (χ1v) is 19.2. The Labute approximate surface area is 289 Å². The summed E-state index contributed by atoms with van der Waals surface area (Å²) in [5.41, 5.74) is 0. The topological polar surface area (TPSA) is 149 Å². The van der Waals surface area contributed by atoms with E-state index in [2.05, 4.69) is 67.0 Å². The van der Waals surface area contributed by atoms with Gasteiger partial charge in [-0.2, -0.15) is 0 Å². The van der Waals surface area contributed by atoms with E-state index in [-0.39, 0.29) is 19.4 Å². The summed E-state index contributed by atoms with van der Waals surface area (Å²) < 4.78 is 32.4. The maximum Gasteiger partial charge on any atom is 0.472 e. The number of phosphoric acid groups is 1. The van der Waals surface area contributed by atoms with E-state index in [1.807, 2.05) is 12.2 Å². The number of carbonyl (C=O) groups is 2. The summed E-state index contributed by atoms with van der Waals surface area (Å²) in [4.78, 5) is 34.7. The average Bonchev–Trinajstić information content (AvgIpc) is 3.07. The lowest BCUT2D eigenvalue weighted by Crippen LogP contribution is -2.29. The first-order chi connectivity index (χ1) is 23.2. The molecule has 3 N–H and O–H groups in total. The Balaban J connectivity index is 4.58. The van der Waals surface area contributed by atoms with E-state index < -0.39 is 51.8 Å². The Kier molecular flexibility index (Phi) is 31.6. The normalized spacial score (nSPS) is 14.9. The summed E-state index contributed by atoms with van der Waals surface area (Å²) in [7, 11) is -4.63. The van der Waals surface area contributed by atoms with Crippen molar-refractivity contribution in [2.24, 2.45) is 0 Å². The minimum Gasteiger partial charge on any atom is -0.462 e. The second-order valence-electron chi connectivity index (χ2n) is 11.5. The van der Waals surface area contributed by atoms with E-state index in [1.165, 1.54) is 38.5 Å². The largest absolute Gasteiger partial charge is 0.472 e. The lowest BCUT2D eigenvalue weighted by Gasteiger charge is -2.20. The molecule has 0 aromatic carbocycles. The second-order valence-corrected chi connectivity index (χ2v) is 13.0. The number of unbranched alkanes of at least 4 members (excludes halogenated alkanes) is 8. The van der Waals surface area contributed by atoms with Gasteiger partial charge in [0.25, 0.3) is 0 Å². The highest BCUT2D eigenvalue weighted by Crippen LogP contribution is 2.43. The monoisotopic (exact) mass is 698 g/mol. The molecule has 0 spiro atoms. The van der Waals surface area contributed by atoms with E-state index in [4.69, 9.17) is 19.1 Å². The predicted octanol–water partition coefficient (Wildman–Crippen LogP) is 8.38. The smallest absolute Gasteiger partial charge is 0.462 e. The molecule has 0 aromatic heterocycles. The predicted molar refractivity (Wildman–Crippen MR) is 191 cm³/mol. The van der Waals surface area contributed by atoms with Crippen LogP contribution in [0.15, 0.2) is 60.8 Å². The van der Waals surface area contributed by atoms with Crippen LogP contribution in [0, 0.1) is 0 Å². The van der Waals surface area contributed by atoms with Crippen molar-refractivity contribution in [3.8, 4) is 0 Å². The second kappa shape index (κ2) is 33.2. The molecule has 10 nitrogen and oxygen atoms in total. The molecule has 48 heavy (non-hydrogen) atoms. The summed E-state index contributed by atoms with van der Waals surface area (Å²) in [5.74, 6) is -1.06. The van der Waals surface area contributed by atoms with Crippen molar-refractivity contribution in [3.05, 3.63) is 60.8 Å². The van der Waals surface area contributed by atoms with Crippen LogP contribution >= 0.6 is 7.82 Å². The van der Waals surface area contributed by atoms with Crippen molar-refractivity contribution >= 4 is 19.8 Å². The van der Waals surface area contributed by atoms with Gasteiger partial charge in [0, 0.05) is 12.8 Å². The van der Waals surface area contributed by atoms with E-state index in [0.717, 1.165) is 44.9 Å². The molecule has 276 valence electrons. The summed E-state index contributed by atoms with van der Waals surface area (Å²) >= 11 is 0. The third-order valence-electron chi connectivity index (χ3n) is 6.92. The molecule has 0 saturated heterocycles. The van der Waals surface area contributed by atoms with Crippen LogP contribution in [0.3, 0.4) is 0 Å². The van der Waals surface area contributed by atoms with Gasteiger partial charge >= 0.3 is 19.8 Å². The van der Waals surface area contributed by atoms with Gasteiger partial charge in [-0.15, -0.1) is 0 Å². The van der Waals surface area contributed by atoms with Crippen LogP contribution in [0.1, 0.15) is 123 Å². The van der Waals surface area contributed by atoms with Crippen LogP contribution in [0.5, 0.6) is 0 Å². The van der Waals surface area contributed by atoms with Gasteiger partial charge < -0.3 is 24.6 Å². The van der Waals surface area contributed by atoms with E-state index in [1.54, 1.807) is 0 Å². The number of hydrogen-bond acceptors (Lipinski definition) is 9. The Bertz CT molecular complexity index is 989. The number of rotatable bonds is 32. The molecule has 11 heteroatoms. The molecule has 0 fully saturated rings. The molecule has 0 aliphatic carbocycles. The molecule has 0 bridgehead atoms. The zero-order valence-electron chi connectivity index (χ0n) is 29.4. The van der Waals surface area contributed by atoms with Crippen LogP contribution in [-0.4, -0.2) is 65.7 Å². The summed E-state index contributed by atoms with van der Waals surface area (Å²) in [6, 6.07) is 0. The van der Waals surface area contributed by atoms with Crippen molar-refractivity contribution in [1.82, 2.24) is 0 Å². The molecular weight excluding hydrogens is 635 g/mol. The lowest BCUT2D eigenvalue weighted by atomic mass is 10.1. The minimum atomic E-state index is -4.63. The molecule has 0 radical (unpaired) electrons. The standard InChI is InChI=1S/C37H63O10P/c1-3-5-7-9-11-13-15-17-19-21-23-25-27-29-37(41)47-35(33-46-48(42,43)45-31-34(39)30-38)32-44-36(40)28-26-24-22-20-18-16-14-12-10-8-6-4-2/h6,8,12,14,17-20,23,25,34-35,38-39H,3-5,7,9-11,13,15-16,21-22,24,26-33H2,1-2H3,(H,42,43)/b8-6+,14-12+,19-17+,20-18+,25-23+/t34-,35?/m0/s1. The maximum absolute atomic E-state index is 12.5. The quantitative estimate of drug-likeness (QED) is 0.0271. The van der Waals surface area contributed by atoms with Gasteiger partial charge in [-0.3, -0.25) is 18.6 Å². The molecular formula is C37H63O10P. The molecule has 0 aliphatic heterocycles. The number of hydrogen-bond donors (Lipinski definition) is 3. The fraction of sp³-hybridized carbons (Fsp3) is 0.676. The average molecular weight is 699 g/mol. The molecule has 2 unspecified atom stereocenters. The van der Waals surface area contributed by atoms with Crippen molar-refractivity contribution in [2.45, 2.75) is 135 Å². The number of aliphatic hydroxyl groups excluding tert-OH is 2. The molecule has 0 amide bonds. The highest BCUT2D eigenvalue weighted by molar-refractivity contribution is 7.47. The first-order valence-electron chi connectivity index (χ1n) is 17.7. The third kappa shape index (κ3) is 32.2. The van der Waals surface area contributed by atoms with Crippen molar-refractivity contribution in [1.29, 1.82) is 0 Å². The van der Waals surface area contributed by atoms with Crippen molar-refractivity contribution in [2.75, 3.05) is 26.4 Å². The highest BCUT2D eigenvalue weighted by atomic mass is 31.2. The Morgan fingerprint density at radius 2 is 1.19 bits per heavy atom. The zero-order chi connectivity index (χ0) is 35.6. The number of aliphatic hydroxyl groups is 2. The van der Waals surface area contributed by atoms with E-state index in [0.29, 0.717) is 12.8 Å². The SMILES string of the molecule is CC/C=C/C/C=C/C/C=C/CCCCC(=O)OCC(COP(=O)(O)OC[C@@H](O)CO)OC(=O)CC/C=C/C/C=C/CCCCCCCC. The van der Waals surface area contributed by atoms with Gasteiger partial charge in [0.15, 0.2) is 6.10 Å². The van der Waals surface area contributed by atoms with Crippen LogP contribution < -0.4 is 0 Å². The Morgan fingerprint density at radius 3 is 1.81 bits per heavy atom. The Hall–Kier alpha value is -2.33. The van der Waals surface area contributed by atoms with E-state index >= 15 is 0 Å². The fourth-order valence-corrected chi connectivity index (χ4v) is 4.96. The van der Waals surface area contributed by atoms with Crippen LogP contribution in [0.25, 0.3) is 0 Å².